The molecule has 2 aromatic rings. The van der Waals surface area contributed by atoms with Crippen molar-refractivity contribution in [1.82, 2.24) is 49.8 Å². The second-order valence-electron chi connectivity index (χ2n) is 27.9. The van der Waals surface area contributed by atoms with Crippen LogP contribution in [-0.4, -0.2) is 285 Å². The minimum Gasteiger partial charge on any atom is -0.445 e. The number of aliphatic hydroxyl groups is 2. The fraction of sp³-hybridized carbons (Fsp3) is 0.727. The third kappa shape index (κ3) is 32.0. The molecule has 0 spiro atoms. The molecule has 27 nitrogen and oxygen atoms in total. The molecular weight excluding hydrogens is 1240 g/mol. The number of β-amino-alcohol motifs (C(OH)–C–C–N with tert-alkyl or cyclic N) is 1. The van der Waals surface area contributed by atoms with Crippen molar-refractivity contribution >= 4 is 46.7 Å². The molecule has 6 amide bonds. The van der Waals surface area contributed by atoms with Gasteiger partial charge in [-0.05, 0) is 120 Å². The van der Waals surface area contributed by atoms with Crippen LogP contribution >= 0.6 is 0 Å². The van der Waals surface area contributed by atoms with Crippen LogP contribution in [0.2, 0.25) is 0 Å². The first-order valence-corrected chi connectivity index (χ1v) is 34.6. The first-order chi connectivity index (χ1) is 44.1. The molecule has 7 fully saturated rings. The van der Waals surface area contributed by atoms with Crippen molar-refractivity contribution < 1.29 is 80.0 Å². The van der Waals surface area contributed by atoms with Crippen molar-refractivity contribution in [3.8, 4) is 0 Å². The van der Waals surface area contributed by atoms with Crippen LogP contribution in [0.1, 0.15) is 120 Å². The molecule has 7 aliphatic heterocycles. The van der Waals surface area contributed by atoms with Gasteiger partial charge in [-0.1, -0.05) is 60.7 Å². The highest BCUT2D eigenvalue weighted by Gasteiger charge is 2.37. The monoisotopic (exact) mass is 1350 g/mol. The Kier molecular flexibility index (Phi) is 32.8. The number of nitrogens with one attached hydrogen (secondary N) is 2. The van der Waals surface area contributed by atoms with E-state index < -0.39 is 44.7 Å². The number of aliphatic hydroxyl groups excluding tert-OH is 2. The average Bonchev–Trinajstić information content (AvgIpc) is 1.88. The molecule has 28 heteroatoms. The lowest BCUT2D eigenvalue weighted by Gasteiger charge is -2.37. The zero-order chi connectivity index (χ0) is 69.9. The normalized spacial score (nSPS) is 21.2. The summed E-state index contributed by atoms with van der Waals surface area (Å²) in [6.07, 6.45) is 1.69. The Labute approximate surface area is 559 Å². The lowest BCUT2D eigenvalue weighted by atomic mass is 10.2. The molecule has 0 bridgehead atoms. The predicted molar refractivity (Wildman–Crippen MR) is 356 cm³/mol. The maximum absolute atomic E-state index is 12.3. The van der Waals surface area contributed by atoms with Gasteiger partial charge in [0.25, 0.3) is 10.1 Å². The van der Waals surface area contributed by atoms with Gasteiger partial charge in [0, 0.05) is 144 Å². The zero-order valence-corrected chi connectivity index (χ0v) is 59.3. The van der Waals surface area contributed by atoms with Gasteiger partial charge >= 0.3 is 36.6 Å². The summed E-state index contributed by atoms with van der Waals surface area (Å²) in [7, 11) is -2.47. The quantitative estimate of drug-likeness (QED) is 0.159. The smallest absolute Gasteiger partial charge is 0.410 e. The summed E-state index contributed by atoms with van der Waals surface area (Å²) in [5.41, 5.74) is 0.136. The Hall–Kier alpha value is -6.27. The number of likely N-dealkylation sites (tertiary alicyclic amines) is 4. The van der Waals surface area contributed by atoms with E-state index in [1.807, 2.05) is 128 Å². The molecule has 9 rings (SSSR count). The molecule has 0 aromatic heterocycles. The fourth-order valence-electron chi connectivity index (χ4n) is 10.6. The molecule has 94 heavy (non-hydrogen) atoms. The maximum Gasteiger partial charge on any atom is 0.410 e. The number of nitrogens with zero attached hydrogens (tertiary/aromatic N) is 8. The van der Waals surface area contributed by atoms with Crippen LogP contribution in [0.3, 0.4) is 0 Å². The third-order valence-electron chi connectivity index (χ3n) is 15.1. The highest BCUT2D eigenvalue weighted by atomic mass is 32.2. The summed E-state index contributed by atoms with van der Waals surface area (Å²) >= 11 is 0. The molecule has 534 valence electrons. The van der Waals surface area contributed by atoms with Gasteiger partial charge in [-0.25, -0.2) is 28.8 Å². The van der Waals surface area contributed by atoms with Crippen LogP contribution in [-0.2, 0) is 55.9 Å². The summed E-state index contributed by atoms with van der Waals surface area (Å²) in [6, 6.07) is 20.3. The van der Waals surface area contributed by atoms with E-state index in [0.29, 0.717) is 77.4 Å². The molecule has 2 aromatic carbocycles. The summed E-state index contributed by atoms with van der Waals surface area (Å²) in [5, 5.41) is 22.7. The van der Waals surface area contributed by atoms with E-state index in [0.717, 1.165) is 122 Å². The first-order valence-electron chi connectivity index (χ1n) is 32.8. The van der Waals surface area contributed by atoms with Crippen molar-refractivity contribution in [3.63, 3.8) is 0 Å². The Bertz CT molecular complexity index is 2710. The average molecular weight is 1350 g/mol. The number of hydrogen-bond acceptors (Lipinski definition) is 21. The summed E-state index contributed by atoms with van der Waals surface area (Å²) in [4.78, 5) is 86.2. The van der Waals surface area contributed by atoms with Gasteiger partial charge in [0.2, 0.25) is 0 Å². The lowest BCUT2D eigenvalue weighted by Crippen LogP contribution is -2.52. The van der Waals surface area contributed by atoms with Crippen molar-refractivity contribution in [2.24, 2.45) is 0 Å². The number of benzene rings is 2. The predicted octanol–water partition coefficient (Wildman–Crippen LogP) is 6.65. The third-order valence-corrected chi connectivity index (χ3v) is 15.7. The Morgan fingerprint density at radius 2 is 0.755 bits per heavy atom. The number of piperazine rings is 3. The minimum absolute atomic E-state index is 0.167. The molecule has 0 saturated carbocycles. The van der Waals surface area contributed by atoms with E-state index in [9.17, 15) is 42.3 Å². The molecule has 0 radical (unpaired) electrons. The van der Waals surface area contributed by atoms with E-state index >= 15 is 0 Å². The van der Waals surface area contributed by atoms with Crippen molar-refractivity contribution in [2.75, 3.05) is 144 Å². The molecular formula is C66H112N10O17S. The van der Waals surface area contributed by atoms with Gasteiger partial charge in [0.05, 0.1) is 25.0 Å². The second-order valence-corrected chi connectivity index (χ2v) is 29.5. The van der Waals surface area contributed by atoms with Gasteiger partial charge in [0.1, 0.15) is 35.6 Å². The van der Waals surface area contributed by atoms with Crippen molar-refractivity contribution in [1.29, 1.82) is 0 Å². The fourth-order valence-corrected chi connectivity index (χ4v) is 11.3. The number of hydrogen-bond donors (Lipinski definition) is 4. The summed E-state index contributed by atoms with van der Waals surface area (Å²) in [6.45, 7) is 38.0. The number of carbonyl (C=O) groups excluding carboxylic acids is 6. The van der Waals surface area contributed by atoms with Gasteiger partial charge in [0.15, 0.2) is 0 Å². The lowest BCUT2D eigenvalue weighted by molar-refractivity contribution is 0.0258. The largest absolute Gasteiger partial charge is 0.445 e. The molecule has 0 aliphatic carbocycles. The molecule has 0 unspecified atom stereocenters. The van der Waals surface area contributed by atoms with Gasteiger partial charge in [-0.3, -0.25) is 14.0 Å². The highest BCUT2D eigenvalue weighted by Crippen LogP contribution is 2.23. The first kappa shape index (κ1) is 80.2. The Morgan fingerprint density at radius 1 is 0.426 bits per heavy atom. The van der Waals surface area contributed by atoms with Crippen molar-refractivity contribution in [3.05, 3.63) is 71.8 Å². The van der Waals surface area contributed by atoms with Crippen LogP contribution in [0.5, 0.6) is 0 Å². The summed E-state index contributed by atoms with van der Waals surface area (Å²) < 4.78 is 58.6. The molecule has 7 heterocycles. The highest BCUT2D eigenvalue weighted by molar-refractivity contribution is 7.86. The topological polar surface area (TPSA) is 292 Å². The number of rotatable bonds is 8. The zero-order valence-electron chi connectivity index (χ0n) is 58.5. The Balaban J connectivity index is 0.000000255. The molecule has 7 saturated heterocycles. The maximum atomic E-state index is 12.3. The minimum atomic E-state index is -3.47. The van der Waals surface area contributed by atoms with E-state index in [2.05, 4.69) is 20.4 Å². The van der Waals surface area contributed by atoms with Crippen LogP contribution < -0.4 is 10.6 Å². The number of ether oxygens (including phenoxy) is 6. The van der Waals surface area contributed by atoms with Crippen LogP contribution in [0, 0.1) is 0 Å². The number of amides is 6. The summed E-state index contributed by atoms with van der Waals surface area (Å²) in [5.74, 6) is 0. The second kappa shape index (κ2) is 38.5. The van der Waals surface area contributed by atoms with Gasteiger partial charge in [-0.15, -0.1) is 0 Å². The van der Waals surface area contributed by atoms with Crippen LogP contribution in [0.25, 0.3) is 0 Å². The van der Waals surface area contributed by atoms with E-state index in [1.165, 1.54) is 9.80 Å². The SMILES string of the molecule is CC(C)(C)OC(=O)N1CC[C@@H](N2CCN(C(=O)OCc3ccccc3)CC2)C1.CC(C)(C)OC(=O)N1CC[C@@H](N2CCNCC2)C1.CC(C)(C)OC(=O)N1CC[C@H](O)C1.CC(C)(C)OC(=O)N1CC[C@H](OS(C)(=O)=O)C1.CO.O=C(OCc1ccccc1)N1CCNCC1. The number of carbonyl (C=O) groups is 6. The van der Waals surface area contributed by atoms with E-state index in [-0.39, 0.29) is 43.1 Å². The van der Waals surface area contributed by atoms with Gasteiger partial charge < -0.3 is 78.7 Å². The van der Waals surface area contributed by atoms with Crippen LogP contribution in [0.4, 0.5) is 28.8 Å². The van der Waals surface area contributed by atoms with E-state index in [4.69, 9.17) is 37.7 Å². The van der Waals surface area contributed by atoms with Crippen LogP contribution in [0.15, 0.2) is 60.7 Å². The van der Waals surface area contributed by atoms with E-state index in [1.54, 1.807) is 35.5 Å². The van der Waals surface area contributed by atoms with Crippen molar-refractivity contribution in [2.45, 2.75) is 169 Å². The molecule has 7 aliphatic rings. The molecule has 4 N–H and O–H groups in total. The Morgan fingerprint density at radius 3 is 1.12 bits per heavy atom. The molecule has 4 atom stereocenters. The van der Waals surface area contributed by atoms with Gasteiger partial charge in [-0.2, -0.15) is 8.42 Å². The standard InChI is InChI=1S/C21H31N3O4.C13H25N3O2.C12H16N2O2.C10H19NO5S.C9H17NO3.CH4O/c1-21(2,3)28-20(26)24-10-9-18(15-24)22-11-13-23(14-12-22)19(25)27-16-17-7-5-4-6-8-17;1-13(2,3)18-12(17)16-7-4-11(10-16)15-8-5-14-6-9-15;15-12(14-8-6-13-7-9-14)16-10-11-4-2-1-3-5-11;1-10(2,3)15-9(12)11-6-5-8(7-11)16-17(4,13)14;1-9(2,3)13-8(12)10-5-4-7(11)6-10;1-2/h4-8,18H,9-16H2,1-3H3;11,14H,4-10H2,1-3H3;1-5,13H,6-10H2;8H,5-7H2,1-4H3;7,11H,4-6H2,1-3H3;2H,1H3/t18-;11-;;8-;7-;/m11.00./s1.